The van der Waals surface area contributed by atoms with Crippen LogP contribution in [0.25, 0.3) is 0 Å². The average Bonchev–Trinajstić information content (AvgIpc) is 2.97. The van der Waals surface area contributed by atoms with E-state index in [9.17, 15) is 0 Å². The van der Waals surface area contributed by atoms with Gasteiger partial charge in [-0.05, 0) is 57.0 Å². The van der Waals surface area contributed by atoms with E-state index in [1.54, 1.807) is 23.3 Å². The zero-order chi connectivity index (χ0) is 17.2. The SMILES string of the molecule is COc1ccc([C@@]23CCC(NNSI)C[C@@H]2N(C)CC3)cc1OC. The molecule has 7 heteroatoms. The first-order valence-electron chi connectivity index (χ1n) is 8.35. The molecular formula is C17H26IN3O2S. The molecule has 134 valence electrons. The van der Waals surface area contributed by atoms with Crippen LogP contribution in [-0.2, 0) is 5.41 Å². The fourth-order valence-electron chi connectivity index (χ4n) is 4.50. The number of hydrazine groups is 1. The predicted molar refractivity (Wildman–Crippen MR) is 108 cm³/mol. The van der Waals surface area contributed by atoms with Crippen molar-refractivity contribution in [2.75, 3.05) is 27.8 Å². The highest BCUT2D eigenvalue weighted by molar-refractivity contribution is 14.2. The van der Waals surface area contributed by atoms with Crippen LogP contribution in [0.4, 0.5) is 0 Å². The van der Waals surface area contributed by atoms with Crippen molar-refractivity contribution in [2.45, 2.75) is 43.2 Å². The van der Waals surface area contributed by atoms with Gasteiger partial charge in [0.05, 0.1) is 14.2 Å². The molecule has 0 aromatic heterocycles. The van der Waals surface area contributed by atoms with Gasteiger partial charge in [-0.3, -0.25) is 0 Å². The molecule has 1 saturated heterocycles. The van der Waals surface area contributed by atoms with Crippen LogP contribution in [0.2, 0.25) is 0 Å². The lowest BCUT2D eigenvalue weighted by Crippen LogP contribution is -2.52. The van der Waals surface area contributed by atoms with Gasteiger partial charge < -0.3 is 14.4 Å². The van der Waals surface area contributed by atoms with Gasteiger partial charge in [-0.15, -0.1) is 0 Å². The standard InChI is InChI=1S/C17H26IN3O2S/c1-21-9-8-17(7-6-13(11-16(17)21)19-20-24-18)12-4-5-14(22-2)15(10-12)23-3/h4-5,10,13,16,19-20H,6-9,11H2,1-3H3/t13?,16-,17-/m0/s1. The molecule has 1 unspecified atom stereocenters. The van der Waals surface area contributed by atoms with Crippen LogP contribution in [-0.4, -0.2) is 44.8 Å². The third-order valence-electron chi connectivity index (χ3n) is 5.79. The molecule has 24 heavy (non-hydrogen) atoms. The molecule has 1 aliphatic carbocycles. The van der Waals surface area contributed by atoms with Crippen molar-refractivity contribution < 1.29 is 9.47 Å². The number of likely N-dealkylation sites (tertiary alicyclic amines) is 1. The molecule has 3 atom stereocenters. The number of nitrogens with one attached hydrogen (secondary N) is 2. The number of halogens is 1. The fourth-order valence-corrected chi connectivity index (χ4v) is 5.09. The Morgan fingerprint density at radius 2 is 2.04 bits per heavy atom. The zero-order valence-electron chi connectivity index (χ0n) is 14.5. The van der Waals surface area contributed by atoms with Gasteiger partial charge in [0.25, 0.3) is 0 Å². The maximum atomic E-state index is 5.55. The van der Waals surface area contributed by atoms with Crippen molar-refractivity contribution in [1.82, 2.24) is 15.2 Å². The third-order valence-corrected chi connectivity index (χ3v) is 6.64. The van der Waals surface area contributed by atoms with Crippen LogP contribution in [0.3, 0.4) is 0 Å². The van der Waals surface area contributed by atoms with E-state index in [1.807, 2.05) is 0 Å². The van der Waals surface area contributed by atoms with E-state index < -0.39 is 0 Å². The van der Waals surface area contributed by atoms with Crippen LogP contribution in [0.1, 0.15) is 31.2 Å². The number of hydrogen-bond donors (Lipinski definition) is 2. The van der Waals surface area contributed by atoms with Gasteiger partial charge >= 0.3 is 0 Å². The Balaban J connectivity index is 1.88. The first kappa shape index (κ1) is 18.6. The number of benzene rings is 1. The molecule has 2 fully saturated rings. The number of rotatable bonds is 6. The highest BCUT2D eigenvalue weighted by atomic mass is 127. The summed E-state index contributed by atoms with van der Waals surface area (Å²) < 4.78 is 11.0. The normalized spacial score (nSPS) is 30.2. The van der Waals surface area contributed by atoms with E-state index in [4.69, 9.17) is 9.47 Å². The monoisotopic (exact) mass is 463 g/mol. The molecule has 2 N–H and O–H groups in total. The maximum absolute atomic E-state index is 5.55. The van der Waals surface area contributed by atoms with E-state index in [-0.39, 0.29) is 5.41 Å². The Hall–Kier alpha value is -0.220. The molecule has 2 aliphatic rings. The van der Waals surface area contributed by atoms with Gasteiger partial charge in [-0.25, -0.2) is 5.43 Å². The van der Waals surface area contributed by atoms with E-state index in [0.29, 0.717) is 12.1 Å². The number of hydrogen-bond acceptors (Lipinski definition) is 6. The maximum Gasteiger partial charge on any atom is 0.161 e. The van der Waals surface area contributed by atoms with Crippen LogP contribution < -0.4 is 19.7 Å². The summed E-state index contributed by atoms with van der Waals surface area (Å²) in [6.45, 7) is 1.15. The Morgan fingerprint density at radius 1 is 1.25 bits per heavy atom. The summed E-state index contributed by atoms with van der Waals surface area (Å²) in [7, 11) is 7.26. The van der Waals surface area contributed by atoms with Crippen LogP contribution in [0.5, 0.6) is 11.5 Å². The van der Waals surface area contributed by atoms with E-state index in [2.05, 4.69) is 61.6 Å². The van der Waals surface area contributed by atoms with Gasteiger partial charge in [0, 0.05) is 47.8 Å². The van der Waals surface area contributed by atoms with Crippen LogP contribution >= 0.6 is 30.3 Å². The minimum Gasteiger partial charge on any atom is -0.493 e. The molecule has 0 spiro atoms. The highest BCUT2D eigenvalue weighted by Gasteiger charge is 2.50. The molecule has 1 aromatic rings. The quantitative estimate of drug-likeness (QED) is 0.384. The molecule has 0 amide bonds. The summed E-state index contributed by atoms with van der Waals surface area (Å²) in [4.78, 5) is 5.73. The fraction of sp³-hybridized carbons (Fsp3) is 0.647. The van der Waals surface area contributed by atoms with Crippen molar-refractivity contribution in [3.63, 3.8) is 0 Å². The molecular weight excluding hydrogens is 437 g/mol. The summed E-state index contributed by atoms with van der Waals surface area (Å²) in [5.41, 5.74) is 5.07. The predicted octanol–water partition coefficient (Wildman–Crippen LogP) is 3.29. The average molecular weight is 463 g/mol. The number of fused-ring (bicyclic) bond motifs is 1. The number of likely N-dealkylation sites (N-methyl/N-ethyl adjacent to an activating group) is 1. The molecule has 1 aliphatic heterocycles. The minimum absolute atomic E-state index is 0.226. The van der Waals surface area contributed by atoms with Gasteiger partial charge in [-0.1, -0.05) is 6.07 Å². The Bertz CT molecular complexity index is 577. The Morgan fingerprint density at radius 3 is 2.75 bits per heavy atom. The highest BCUT2D eigenvalue weighted by Crippen LogP contribution is 2.49. The van der Waals surface area contributed by atoms with Crippen molar-refractivity contribution >= 4 is 30.3 Å². The summed E-state index contributed by atoms with van der Waals surface area (Å²) >= 11 is 2.25. The van der Waals surface area contributed by atoms with E-state index in [0.717, 1.165) is 24.5 Å². The molecule has 3 rings (SSSR count). The first-order valence-corrected chi connectivity index (χ1v) is 11.7. The largest absolute Gasteiger partial charge is 0.493 e. The first-order chi connectivity index (χ1) is 11.6. The zero-order valence-corrected chi connectivity index (χ0v) is 17.4. The second kappa shape index (κ2) is 7.99. The molecule has 0 radical (unpaired) electrons. The summed E-state index contributed by atoms with van der Waals surface area (Å²) in [6, 6.07) is 7.56. The Kier molecular flexibility index (Phi) is 6.18. The number of methoxy groups -OCH3 is 2. The van der Waals surface area contributed by atoms with Gasteiger partial charge in [0.1, 0.15) is 0 Å². The molecule has 5 nitrogen and oxygen atoms in total. The molecule has 1 aromatic carbocycles. The van der Waals surface area contributed by atoms with E-state index in [1.165, 1.54) is 24.8 Å². The van der Waals surface area contributed by atoms with Gasteiger partial charge in [-0.2, -0.15) is 4.83 Å². The minimum atomic E-state index is 0.226. The summed E-state index contributed by atoms with van der Waals surface area (Å²) in [5.74, 6) is 1.64. The molecule has 0 bridgehead atoms. The lowest BCUT2D eigenvalue weighted by molar-refractivity contribution is 0.152. The third kappa shape index (κ3) is 3.38. The topological polar surface area (TPSA) is 45.8 Å². The summed E-state index contributed by atoms with van der Waals surface area (Å²) in [5, 5.41) is 0. The van der Waals surface area contributed by atoms with Crippen molar-refractivity contribution in [3.05, 3.63) is 23.8 Å². The second-order valence-electron chi connectivity index (χ2n) is 6.77. The number of ether oxygens (including phenoxy) is 2. The Labute approximate surface area is 160 Å². The van der Waals surface area contributed by atoms with Crippen molar-refractivity contribution in [1.29, 1.82) is 0 Å². The molecule has 1 saturated carbocycles. The van der Waals surface area contributed by atoms with E-state index >= 15 is 0 Å². The van der Waals surface area contributed by atoms with Crippen LogP contribution in [0.15, 0.2) is 18.2 Å². The van der Waals surface area contributed by atoms with Gasteiger partial charge in [0.15, 0.2) is 11.5 Å². The lowest BCUT2D eigenvalue weighted by atomic mass is 9.65. The van der Waals surface area contributed by atoms with Crippen LogP contribution in [0, 0.1) is 0 Å². The van der Waals surface area contributed by atoms with Crippen molar-refractivity contribution in [2.24, 2.45) is 0 Å². The summed E-state index contributed by atoms with van der Waals surface area (Å²) in [6.07, 6.45) is 4.76. The van der Waals surface area contributed by atoms with Crippen molar-refractivity contribution in [3.8, 4) is 11.5 Å². The molecule has 1 heterocycles. The van der Waals surface area contributed by atoms with Gasteiger partial charge in [0.2, 0.25) is 0 Å². The number of nitrogens with zero attached hydrogens (tertiary/aromatic N) is 1. The second-order valence-corrected chi connectivity index (χ2v) is 8.45. The lowest BCUT2D eigenvalue weighted by Gasteiger charge is -2.45. The smallest absolute Gasteiger partial charge is 0.161 e.